The van der Waals surface area contributed by atoms with Crippen molar-refractivity contribution in [1.82, 2.24) is 0 Å². The molecule has 1 aliphatic rings. The molecule has 0 aromatic heterocycles. The average Bonchev–Trinajstić information content (AvgIpc) is 2.68. The predicted molar refractivity (Wildman–Crippen MR) is 106 cm³/mol. The van der Waals surface area contributed by atoms with E-state index in [1.165, 1.54) is 43.9 Å². The molecular weight excluding hydrogens is 380 g/mol. The van der Waals surface area contributed by atoms with Crippen LogP contribution in [0.4, 0.5) is 17.6 Å². The van der Waals surface area contributed by atoms with Crippen molar-refractivity contribution in [2.45, 2.75) is 70.8 Å². The lowest BCUT2D eigenvalue weighted by atomic mass is 9.76. The van der Waals surface area contributed by atoms with Gasteiger partial charge < -0.3 is 4.74 Å². The fraction of sp³-hybridized carbons (Fsp3) is 0.500. The van der Waals surface area contributed by atoms with E-state index in [-0.39, 0.29) is 23.7 Å². The lowest BCUT2D eigenvalue weighted by molar-refractivity contribution is 0.272. The first-order valence-corrected chi connectivity index (χ1v) is 10.5. The van der Waals surface area contributed by atoms with Crippen LogP contribution in [0.5, 0.6) is 5.75 Å². The lowest BCUT2D eigenvalue weighted by Crippen LogP contribution is -2.16. The van der Waals surface area contributed by atoms with Gasteiger partial charge in [0.1, 0.15) is 18.2 Å². The quantitative estimate of drug-likeness (QED) is 0.321. The summed E-state index contributed by atoms with van der Waals surface area (Å²) in [5.74, 6) is -2.90. The molecule has 158 valence electrons. The van der Waals surface area contributed by atoms with Gasteiger partial charge in [0, 0.05) is 5.56 Å². The summed E-state index contributed by atoms with van der Waals surface area (Å²) >= 11 is 0. The highest BCUT2D eigenvalue weighted by Gasteiger charge is 2.27. The minimum absolute atomic E-state index is 0.114. The summed E-state index contributed by atoms with van der Waals surface area (Å²) in [4.78, 5) is 0. The fourth-order valence-electron chi connectivity index (χ4n) is 4.31. The van der Waals surface area contributed by atoms with Gasteiger partial charge in [0.15, 0.2) is 17.4 Å². The van der Waals surface area contributed by atoms with E-state index in [1.807, 2.05) is 0 Å². The molecule has 0 heterocycles. The van der Waals surface area contributed by atoms with Gasteiger partial charge in [-0.3, -0.25) is 0 Å². The number of unbranched alkanes of at least 4 members (excludes halogenated alkanes) is 2. The Kier molecular flexibility index (Phi) is 7.57. The second-order valence-corrected chi connectivity index (χ2v) is 8.03. The van der Waals surface area contributed by atoms with Crippen molar-refractivity contribution in [3.63, 3.8) is 0 Å². The molecule has 0 aliphatic heterocycles. The molecule has 29 heavy (non-hydrogen) atoms. The van der Waals surface area contributed by atoms with E-state index in [1.54, 1.807) is 0 Å². The third-order valence-corrected chi connectivity index (χ3v) is 5.91. The van der Waals surface area contributed by atoms with Crippen molar-refractivity contribution in [3.8, 4) is 5.75 Å². The Bertz CT molecular complexity index is 769. The summed E-state index contributed by atoms with van der Waals surface area (Å²) in [6.07, 6.45) is 8.46. The zero-order valence-electron chi connectivity index (χ0n) is 16.8. The van der Waals surface area contributed by atoms with Crippen LogP contribution in [0.2, 0.25) is 0 Å². The van der Waals surface area contributed by atoms with Crippen LogP contribution in [0.15, 0.2) is 30.3 Å². The molecule has 0 N–H and O–H groups in total. The Morgan fingerprint density at radius 3 is 2.07 bits per heavy atom. The summed E-state index contributed by atoms with van der Waals surface area (Å²) in [6.45, 7) is 1.88. The van der Waals surface area contributed by atoms with Crippen LogP contribution < -0.4 is 4.74 Å². The molecule has 2 aromatic carbocycles. The van der Waals surface area contributed by atoms with E-state index < -0.39 is 29.0 Å². The molecule has 3 rings (SSSR count). The second kappa shape index (κ2) is 10.1. The Morgan fingerprint density at radius 1 is 0.862 bits per heavy atom. The van der Waals surface area contributed by atoms with E-state index in [0.717, 1.165) is 37.8 Å². The van der Waals surface area contributed by atoms with Gasteiger partial charge in [-0.15, -0.1) is 0 Å². The summed E-state index contributed by atoms with van der Waals surface area (Å²) in [5, 5.41) is 0. The molecule has 5 heteroatoms. The van der Waals surface area contributed by atoms with Crippen LogP contribution in [0.3, 0.4) is 0 Å². The van der Waals surface area contributed by atoms with Gasteiger partial charge >= 0.3 is 0 Å². The van der Waals surface area contributed by atoms with E-state index in [9.17, 15) is 17.6 Å². The normalized spacial score (nSPS) is 19.3. The van der Waals surface area contributed by atoms with E-state index in [2.05, 4.69) is 6.92 Å². The molecular formula is C24H28F4O. The van der Waals surface area contributed by atoms with Crippen molar-refractivity contribution >= 4 is 0 Å². The van der Waals surface area contributed by atoms with E-state index >= 15 is 0 Å². The predicted octanol–water partition coefficient (Wildman–Crippen LogP) is 7.68. The van der Waals surface area contributed by atoms with Gasteiger partial charge in [0.25, 0.3) is 0 Å². The Morgan fingerprint density at radius 2 is 1.48 bits per heavy atom. The third-order valence-electron chi connectivity index (χ3n) is 5.91. The maximum absolute atomic E-state index is 14.7. The van der Waals surface area contributed by atoms with Crippen molar-refractivity contribution in [2.75, 3.05) is 0 Å². The minimum Gasteiger partial charge on any atom is -0.483 e. The molecule has 1 nitrogen and oxygen atoms in total. The number of rotatable bonds is 8. The zero-order valence-corrected chi connectivity index (χ0v) is 16.8. The Balaban J connectivity index is 1.63. The highest BCUT2D eigenvalue weighted by Crippen LogP contribution is 2.40. The lowest BCUT2D eigenvalue weighted by Gasteiger charge is -2.29. The van der Waals surface area contributed by atoms with Crippen LogP contribution in [0, 0.1) is 29.2 Å². The summed E-state index contributed by atoms with van der Waals surface area (Å²) in [5.41, 5.74) is 0.345. The van der Waals surface area contributed by atoms with Crippen LogP contribution in [0.1, 0.15) is 75.3 Å². The van der Waals surface area contributed by atoms with Crippen molar-refractivity contribution in [2.24, 2.45) is 5.92 Å². The maximum atomic E-state index is 14.7. The molecule has 2 aromatic rings. The molecule has 0 atom stereocenters. The number of para-hydroxylation sites is 1. The molecule has 1 saturated carbocycles. The van der Waals surface area contributed by atoms with Gasteiger partial charge in [0.2, 0.25) is 0 Å². The van der Waals surface area contributed by atoms with Crippen LogP contribution in [-0.2, 0) is 6.61 Å². The van der Waals surface area contributed by atoms with Gasteiger partial charge in [-0.1, -0.05) is 38.7 Å². The van der Waals surface area contributed by atoms with Gasteiger partial charge in [-0.2, -0.15) is 0 Å². The Hall–Kier alpha value is -2.04. The Labute approximate surface area is 170 Å². The smallest absolute Gasteiger partial charge is 0.191 e. The van der Waals surface area contributed by atoms with Gasteiger partial charge in [0.05, 0.1) is 0 Å². The topological polar surface area (TPSA) is 9.23 Å². The number of ether oxygens (including phenoxy) is 1. The number of hydrogen-bond donors (Lipinski definition) is 0. The highest BCUT2D eigenvalue weighted by atomic mass is 19.1. The average molecular weight is 408 g/mol. The molecule has 0 saturated heterocycles. The zero-order chi connectivity index (χ0) is 20.8. The maximum Gasteiger partial charge on any atom is 0.191 e. The summed E-state index contributed by atoms with van der Waals surface area (Å²) in [7, 11) is 0. The fourth-order valence-corrected chi connectivity index (χ4v) is 4.31. The SMILES string of the molecule is CCCCCC1CCC(c2c(F)cc(COc3c(F)cccc3F)cc2F)CC1. The van der Waals surface area contributed by atoms with Crippen molar-refractivity contribution < 1.29 is 22.3 Å². The molecule has 0 spiro atoms. The molecule has 0 bridgehead atoms. The first-order chi connectivity index (χ1) is 14.0. The first-order valence-electron chi connectivity index (χ1n) is 10.5. The minimum atomic E-state index is -0.849. The monoisotopic (exact) mass is 408 g/mol. The number of halogens is 4. The standard InChI is InChI=1S/C24H28F4O/c1-2-3-4-6-16-9-11-18(12-10-16)23-21(27)13-17(14-22(23)28)15-29-24-19(25)7-5-8-20(24)26/h5,7-8,13-14,16,18H,2-4,6,9-12,15H2,1H3. The largest absolute Gasteiger partial charge is 0.483 e. The van der Waals surface area contributed by atoms with Crippen LogP contribution in [-0.4, -0.2) is 0 Å². The summed E-state index contributed by atoms with van der Waals surface area (Å²) < 4.78 is 61.8. The summed E-state index contributed by atoms with van der Waals surface area (Å²) in [6, 6.07) is 5.79. The molecule has 0 radical (unpaired) electrons. The van der Waals surface area contributed by atoms with Crippen LogP contribution >= 0.6 is 0 Å². The third kappa shape index (κ3) is 5.52. The number of hydrogen-bond acceptors (Lipinski definition) is 1. The molecule has 0 unspecified atom stereocenters. The van der Waals surface area contributed by atoms with E-state index in [4.69, 9.17) is 4.74 Å². The highest BCUT2D eigenvalue weighted by molar-refractivity contribution is 5.31. The number of benzene rings is 2. The van der Waals surface area contributed by atoms with Gasteiger partial charge in [-0.25, -0.2) is 17.6 Å². The van der Waals surface area contributed by atoms with Crippen molar-refractivity contribution in [1.29, 1.82) is 0 Å². The second-order valence-electron chi connectivity index (χ2n) is 8.03. The first kappa shape index (κ1) is 21.7. The van der Waals surface area contributed by atoms with E-state index in [0.29, 0.717) is 5.92 Å². The van der Waals surface area contributed by atoms with Crippen LogP contribution in [0.25, 0.3) is 0 Å². The molecule has 0 amide bonds. The molecule has 1 fully saturated rings. The molecule has 1 aliphatic carbocycles. The van der Waals surface area contributed by atoms with Crippen molar-refractivity contribution in [3.05, 3.63) is 64.7 Å². The van der Waals surface area contributed by atoms with Gasteiger partial charge in [-0.05, 0) is 67.3 Å².